The summed E-state index contributed by atoms with van der Waals surface area (Å²) in [7, 11) is 0. The summed E-state index contributed by atoms with van der Waals surface area (Å²) in [5.74, 6) is 3.08. The molecule has 10 heteroatoms. The third-order valence-corrected chi connectivity index (χ3v) is 8.38. The second-order valence-corrected chi connectivity index (χ2v) is 10.8. The average molecular weight is 485 g/mol. The summed E-state index contributed by atoms with van der Waals surface area (Å²) in [6, 6.07) is 5.08. The highest BCUT2D eigenvalue weighted by molar-refractivity contribution is 6.33. The number of hydrogen-bond donors (Lipinski definition) is 5. The zero-order valence-electron chi connectivity index (χ0n) is 19.7. The lowest BCUT2D eigenvalue weighted by Crippen LogP contribution is -2.53. The number of fused-ring (bicyclic) bond motifs is 2. The third kappa shape index (κ3) is 4.63. The number of carbonyl (C=O) groups is 1. The summed E-state index contributed by atoms with van der Waals surface area (Å²) in [5.41, 5.74) is 6.73. The molecule has 2 aromatic rings. The van der Waals surface area contributed by atoms with Crippen LogP contribution in [-0.4, -0.2) is 46.5 Å². The molecule has 4 atom stereocenters. The Labute approximate surface area is 205 Å². The standard InChI is InChI=1S/C24H33ClN8O/c1-24(2)15-5-3-14(17(24)10-15)11-28-21-31-22(29-16-7-8-27-12-16)33-23(32-21)30-19-9-13(20(26)34)4-6-18(19)25/h4,6,9,14-17,27H,3,5,7-8,10-12H2,1-2H3,(H2,26,34)(H3,28,29,30,31,32,33). The Morgan fingerprint density at radius 3 is 2.68 bits per heavy atom. The number of aromatic nitrogens is 3. The quantitative estimate of drug-likeness (QED) is 0.384. The molecule has 6 N–H and O–H groups in total. The molecule has 3 saturated carbocycles. The third-order valence-electron chi connectivity index (χ3n) is 8.05. The number of anilines is 4. The monoisotopic (exact) mass is 484 g/mol. The number of nitrogens with zero attached hydrogens (tertiary/aromatic N) is 3. The average Bonchev–Trinajstić information content (AvgIpc) is 3.32. The minimum Gasteiger partial charge on any atom is -0.366 e. The molecule has 4 unspecified atom stereocenters. The fraction of sp³-hybridized carbons (Fsp3) is 0.583. The van der Waals surface area contributed by atoms with Gasteiger partial charge in [-0.1, -0.05) is 25.4 Å². The van der Waals surface area contributed by atoms with Gasteiger partial charge in [-0.05, 0) is 73.6 Å². The SMILES string of the molecule is CC1(C)C2CCC(CNc3nc(Nc4cc(C(N)=O)ccc4Cl)nc(NC4CCNC4)n3)C1C2. The molecule has 4 fully saturated rings. The van der Waals surface area contributed by atoms with Crippen molar-refractivity contribution in [1.29, 1.82) is 0 Å². The first kappa shape index (κ1) is 23.1. The van der Waals surface area contributed by atoms with Gasteiger partial charge in [0.25, 0.3) is 0 Å². The van der Waals surface area contributed by atoms with E-state index in [1.54, 1.807) is 18.2 Å². The van der Waals surface area contributed by atoms with Gasteiger partial charge in [-0.3, -0.25) is 4.79 Å². The van der Waals surface area contributed by atoms with E-state index >= 15 is 0 Å². The van der Waals surface area contributed by atoms with Crippen molar-refractivity contribution in [3.63, 3.8) is 0 Å². The number of halogens is 1. The number of rotatable bonds is 8. The molecule has 6 rings (SSSR count). The highest BCUT2D eigenvalue weighted by Gasteiger charge is 2.53. The molecule has 1 aliphatic heterocycles. The zero-order valence-corrected chi connectivity index (χ0v) is 20.5. The Hall–Kier alpha value is -2.65. The van der Waals surface area contributed by atoms with Crippen molar-refractivity contribution in [3.05, 3.63) is 28.8 Å². The van der Waals surface area contributed by atoms with E-state index in [9.17, 15) is 4.79 Å². The van der Waals surface area contributed by atoms with E-state index in [4.69, 9.17) is 17.3 Å². The lowest BCUT2D eigenvalue weighted by Gasteiger charge is -2.60. The number of primary amides is 1. The molecule has 34 heavy (non-hydrogen) atoms. The highest BCUT2D eigenvalue weighted by Crippen LogP contribution is 2.61. The summed E-state index contributed by atoms with van der Waals surface area (Å²) < 4.78 is 0. The van der Waals surface area contributed by atoms with Crippen LogP contribution in [0.3, 0.4) is 0 Å². The summed E-state index contributed by atoms with van der Waals surface area (Å²) in [6.07, 6.45) is 4.88. The number of nitrogens with one attached hydrogen (secondary N) is 4. The smallest absolute Gasteiger partial charge is 0.248 e. The normalized spacial score (nSPS) is 27.0. The van der Waals surface area contributed by atoms with Crippen LogP contribution in [0.5, 0.6) is 0 Å². The molecular formula is C24H33ClN8O. The Balaban J connectivity index is 1.36. The van der Waals surface area contributed by atoms with E-state index in [1.807, 2.05) is 0 Å². The summed E-state index contributed by atoms with van der Waals surface area (Å²) in [4.78, 5) is 25.4. The Morgan fingerprint density at radius 1 is 1.18 bits per heavy atom. The van der Waals surface area contributed by atoms with Crippen molar-refractivity contribution in [3.8, 4) is 0 Å². The number of benzene rings is 1. The van der Waals surface area contributed by atoms with Crippen molar-refractivity contribution in [2.24, 2.45) is 28.9 Å². The second-order valence-electron chi connectivity index (χ2n) is 10.4. The number of amides is 1. The Kier molecular flexibility index (Phi) is 6.24. The van der Waals surface area contributed by atoms with E-state index in [1.165, 1.54) is 19.3 Å². The van der Waals surface area contributed by atoms with Crippen LogP contribution >= 0.6 is 11.6 Å². The predicted octanol–water partition coefficient (Wildman–Crippen LogP) is 3.63. The van der Waals surface area contributed by atoms with Gasteiger partial charge in [0.05, 0.1) is 10.7 Å². The fourth-order valence-corrected chi connectivity index (χ4v) is 6.02. The molecule has 0 radical (unpaired) electrons. The number of hydrogen-bond acceptors (Lipinski definition) is 8. The molecule has 2 heterocycles. The van der Waals surface area contributed by atoms with Gasteiger partial charge in [-0.25, -0.2) is 0 Å². The Bertz CT molecular complexity index is 1070. The minimum absolute atomic E-state index is 0.260. The first-order chi connectivity index (χ1) is 16.3. The predicted molar refractivity (Wildman–Crippen MR) is 135 cm³/mol. The van der Waals surface area contributed by atoms with Crippen LogP contribution in [0.4, 0.5) is 23.5 Å². The van der Waals surface area contributed by atoms with Crippen molar-refractivity contribution >= 4 is 41.0 Å². The highest BCUT2D eigenvalue weighted by atomic mass is 35.5. The van der Waals surface area contributed by atoms with Gasteiger partial charge < -0.3 is 27.0 Å². The van der Waals surface area contributed by atoms with E-state index in [2.05, 4.69) is 50.1 Å². The maximum absolute atomic E-state index is 11.6. The van der Waals surface area contributed by atoms with Crippen LogP contribution in [0.1, 0.15) is 49.9 Å². The topological polar surface area (TPSA) is 130 Å². The van der Waals surface area contributed by atoms with Crippen LogP contribution in [-0.2, 0) is 0 Å². The van der Waals surface area contributed by atoms with E-state index in [0.29, 0.717) is 45.5 Å². The van der Waals surface area contributed by atoms with Gasteiger partial charge in [-0.2, -0.15) is 15.0 Å². The molecule has 2 bridgehead atoms. The Morgan fingerprint density at radius 2 is 1.97 bits per heavy atom. The van der Waals surface area contributed by atoms with Crippen LogP contribution in [0.2, 0.25) is 5.02 Å². The molecular weight excluding hydrogens is 452 g/mol. The fourth-order valence-electron chi connectivity index (χ4n) is 5.86. The largest absolute Gasteiger partial charge is 0.366 e. The van der Waals surface area contributed by atoms with Gasteiger partial charge in [-0.15, -0.1) is 0 Å². The molecule has 3 aliphatic carbocycles. The minimum atomic E-state index is -0.526. The van der Waals surface area contributed by atoms with Crippen molar-refractivity contribution in [2.75, 3.05) is 35.6 Å². The molecule has 1 aromatic heterocycles. The maximum Gasteiger partial charge on any atom is 0.248 e. The maximum atomic E-state index is 11.6. The molecule has 1 aromatic carbocycles. The van der Waals surface area contributed by atoms with E-state index in [-0.39, 0.29) is 6.04 Å². The lowest BCUT2D eigenvalue weighted by atomic mass is 9.45. The summed E-state index contributed by atoms with van der Waals surface area (Å²) >= 11 is 6.35. The first-order valence-electron chi connectivity index (χ1n) is 12.1. The molecule has 1 amide bonds. The molecule has 1 saturated heterocycles. The van der Waals surface area contributed by atoms with Crippen molar-refractivity contribution < 1.29 is 4.79 Å². The number of carbonyl (C=O) groups excluding carboxylic acids is 1. The van der Waals surface area contributed by atoms with Gasteiger partial charge >= 0.3 is 0 Å². The van der Waals surface area contributed by atoms with Gasteiger partial charge in [0.1, 0.15) is 0 Å². The number of nitrogens with two attached hydrogens (primary N) is 1. The second kappa shape index (κ2) is 9.19. The van der Waals surface area contributed by atoms with Gasteiger partial charge in [0, 0.05) is 24.7 Å². The molecule has 9 nitrogen and oxygen atoms in total. The van der Waals surface area contributed by atoms with E-state index < -0.39 is 5.91 Å². The van der Waals surface area contributed by atoms with Gasteiger partial charge in [0.2, 0.25) is 23.8 Å². The van der Waals surface area contributed by atoms with E-state index in [0.717, 1.165) is 37.9 Å². The van der Waals surface area contributed by atoms with Gasteiger partial charge in [0.15, 0.2) is 0 Å². The van der Waals surface area contributed by atoms with Crippen LogP contribution in [0.15, 0.2) is 18.2 Å². The zero-order chi connectivity index (χ0) is 23.9. The molecule has 4 aliphatic rings. The summed E-state index contributed by atoms with van der Waals surface area (Å²) in [6.45, 7) is 7.49. The van der Waals surface area contributed by atoms with Crippen LogP contribution < -0.4 is 27.0 Å². The molecule has 182 valence electrons. The van der Waals surface area contributed by atoms with Crippen LogP contribution in [0.25, 0.3) is 0 Å². The lowest BCUT2D eigenvalue weighted by molar-refractivity contribution is -0.100. The molecule has 0 spiro atoms. The van der Waals surface area contributed by atoms with Crippen molar-refractivity contribution in [2.45, 2.75) is 45.6 Å². The first-order valence-corrected chi connectivity index (χ1v) is 12.5. The van der Waals surface area contributed by atoms with Crippen LogP contribution in [0, 0.1) is 23.2 Å². The van der Waals surface area contributed by atoms with Crippen molar-refractivity contribution in [1.82, 2.24) is 20.3 Å². The summed E-state index contributed by atoms with van der Waals surface area (Å²) in [5, 5.41) is 13.8.